The number of anilines is 1. The van der Waals surface area contributed by atoms with Crippen LogP contribution < -0.4 is 4.90 Å². The van der Waals surface area contributed by atoms with Crippen LogP contribution in [0.25, 0.3) is 0 Å². The molecule has 1 aromatic rings. The van der Waals surface area contributed by atoms with Gasteiger partial charge in [-0.3, -0.25) is 9.59 Å². The molecule has 0 spiro atoms. The number of carbonyl (C=O) groups excluding carboxylic acids is 2. The van der Waals surface area contributed by atoms with Gasteiger partial charge in [-0.1, -0.05) is 56.0 Å². The smallest absolute Gasteiger partial charge is 0.233 e. The third-order valence-corrected chi connectivity index (χ3v) is 8.66. The van der Waals surface area contributed by atoms with Gasteiger partial charge in [-0.2, -0.15) is 0 Å². The number of piperazine rings is 1. The first-order valence-corrected chi connectivity index (χ1v) is 14.2. The van der Waals surface area contributed by atoms with Crippen molar-refractivity contribution in [3.63, 3.8) is 0 Å². The summed E-state index contributed by atoms with van der Waals surface area (Å²) in [6.45, 7) is 8.16. The van der Waals surface area contributed by atoms with E-state index in [2.05, 4.69) is 23.7 Å². The molecule has 1 saturated carbocycles. The van der Waals surface area contributed by atoms with Crippen molar-refractivity contribution in [2.24, 2.45) is 11.8 Å². The predicted molar refractivity (Wildman–Crippen MR) is 137 cm³/mol. The van der Waals surface area contributed by atoms with Crippen molar-refractivity contribution in [2.75, 3.05) is 43.4 Å². The maximum Gasteiger partial charge on any atom is 0.233 e. The van der Waals surface area contributed by atoms with Gasteiger partial charge in [-0.15, -0.1) is 0 Å². The molecule has 3 fully saturated rings. The highest BCUT2D eigenvalue weighted by Crippen LogP contribution is 2.29. The highest BCUT2D eigenvalue weighted by Gasteiger charge is 2.29. The molecule has 3 aliphatic rings. The highest BCUT2D eigenvalue weighted by molar-refractivity contribution is 7.99. The van der Waals surface area contributed by atoms with Crippen molar-refractivity contribution >= 4 is 41.0 Å². The zero-order valence-corrected chi connectivity index (χ0v) is 22.1. The van der Waals surface area contributed by atoms with Gasteiger partial charge in [0.05, 0.1) is 5.75 Å². The number of nitrogens with zero attached hydrogens (tertiary/aromatic N) is 5. The first kappa shape index (κ1) is 25.5. The van der Waals surface area contributed by atoms with E-state index in [1.807, 2.05) is 9.80 Å². The normalized spacial score (nSPS) is 22.4. The Hall–Kier alpha value is -1.54. The van der Waals surface area contributed by atoms with Crippen LogP contribution in [0.1, 0.15) is 65.2 Å². The number of thioether (sulfide) groups is 1. The molecule has 7 nitrogen and oxygen atoms in total. The van der Waals surface area contributed by atoms with Crippen molar-refractivity contribution in [2.45, 2.75) is 76.4 Å². The molecule has 0 N–H and O–H groups in total. The topological polar surface area (TPSA) is 69.6 Å². The average molecular weight is 508 g/mol. The average Bonchev–Trinajstić information content (AvgIpc) is 3.35. The van der Waals surface area contributed by atoms with Crippen molar-refractivity contribution in [3.8, 4) is 0 Å². The Kier molecular flexibility index (Phi) is 8.97. The second-order valence-electron chi connectivity index (χ2n) is 10.3. The summed E-state index contributed by atoms with van der Waals surface area (Å²) in [7, 11) is 0. The Morgan fingerprint density at radius 1 is 1.03 bits per heavy atom. The number of piperidine rings is 1. The van der Waals surface area contributed by atoms with E-state index >= 15 is 0 Å². The number of hydrogen-bond donors (Lipinski definition) is 0. The number of rotatable bonds is 7. The molecule has 34 heavy (non-hydrogen) atoms. The van der Waals surface area contributed by atoms with Crippen LogP contribution >= 0.6 is 23.4 Å². The molecular weight excluding hydrogens is 470 g/mol. The second kappa shape index (κ2) is 11.9. The summed E-state index contributed by atoms with van der Waals surface area (Å²) in [4.78, 5) is 40.6. The molecule has 0 bridgehead atoms. The summed E-state index contributed by atoms with van der Waals surface area (Å²) in [5.41, 5.74) is 0. The zero-order chi connectivity index (χ0) is 24.1. The summed E-state index contributed by atoms with van der Waals surface area (Å²) in [6, 6.07) is 1.90. The van der Waals surface area contributed by atoms with Crippen LogP contribution in [0.15, 0.2) is 11.2 Å². The third kappa shape index (κ3) is 6.78. The van der Waals surface area contributed by atoms with Gasteiger partial charge in [-0.25, -0.2) is 9.97 Å². The Labute approximate surface area is 213 Å². The monoisotopic (exact) mass is 507 g/mol. The quantitative estimate of drug-likeness (QED) is 0.308. The molecule has 188 valence electrons. The lowest BCUT2D eigenvalue weighted by Gasteiger charge is -2.40. The van der Waals surface area contributed by atoms with E-state index < -0.39 is 0 Å². The van der Waals surface area contributed by atoms with E-state index in [1.165, 1.54) is 37.4 Å². The van der Waals surface area contributed by atoms with Gasteiger partial charge < -0.3 is 14.7 Å². The SMILES string of the molecule is CC1CCN(C(=O)CSc2nc(Cl)cc(N3CCN(C(=O)CCC4CCCC4)C(C)C3)n2)CC1. The summed E-state index contributed by atoms with van der Waals surface area (Å²) < 4.78 is 0. The first-order valence-electron chi connectivity index (χ1n) is 12.9. The fraction of sp³-hybridized carbons (Fsp3) is 0.760. The van der Waals surface area contributed by atoms with E-state index in [4.69, 9.17) is 16.6 Å². The highest BCUT2D eigenvalue weighted by atomic mass is 35.5. The van der Waals surface area contributed by atoms with E-state index in [0.29, 0.717) is 34.9 Å². The summed E-state index contributed by atoms with van der Waals surface area (Å²) in [6.07, 6.45) is 9.05. The van der Waals surface area contributed by atoms with E-state index in [9.17, 15) is 9.59 Å². The molecule has 0 radical (unpaired) electrons. The van der Waals surface area contributed by atoms with Crippen LogP contribution in [0.4, 0.5) is 5.82 Å². The second-order valence-corrected chi connectivity index (χ2v) is 11.6. The lowest BCUT2D eigenvalue weighted by atomic mass is 9.99. The minimum atomic E-state index is 0.123. The van der Waals surface area contributed by atoms with Gasteiger partial charge in [0.25, 0.3) is 0 Å². The number of hydrogen-bond acceptors (Lipinski definition) is 6. The molecule has 1 unspecified atom stereocenters. The van der Waals surface area contributed by atoms with E-state index in [0.717, 1.165) is 57.2 Å². The largest absolute Gasteiger partial charge is 0.353 e. The Bertz CT molecular complexity index is 858. The van der Waals surface area contributed by atoms with Gasteiger partial charge in [0.15, 0.2) is 5.16 Å². The van der Waals surface area contributed by atoms with Crippen LogP contribution in [-0.2, 0) is 9.59 Å². The zero-order valence-electron chi connectivity index (χ0n) is 20.5. The van der Waals surface area contributed by atoms with Crippen LogP contribution in [0.2, 0.25) is 5.15 Å². The van der Waals surface area contributed by atoms with E-state index in [1.54, 1.807) is 6.07 Å². The number of aromatic nitrogens is 2. The Morgan fingerprint density at radius 2 is 1.76 bits per heavy atom. The molecule has 1 aromatic heterocycles. The van der Waals surface area contributed by atoms with E-state index in [-0.39, 0.29) is 17.9 Å². The summed E-state index contributed by atoms with van der Waals surface area (Å²) in [5.74, 6) is 2.95. The molecule has 0 aromatic carbocycles. The minimum absolute atomic E-state index is 0.123. The molecule has 3 heterocycles. The predicted octanol–water partition coefficient (Wildman–Crippen LogP) is 4.49. The molecule has 1 atom stereocenters. The molecule has 2 saturated heterocycles. The van der Waals surface area contributed by atoms with Gasteiger partial charge in [0.1, 0.15) is 11.0 Å². The fourth-order valence-electron chi connectivity index (χ4n) is 5.39. The maximum atomic E-state index is 12.8. The summed E-state index contributed by atoms with van der Waals surface area (Å²) in [5, 5.41) is 0.915. The van der Waals surface area contributed by atoms with Crippen molar-refractivity contribution in [1.82, 2.24) is 19.8 Å². The molecule has 9 heteroatoms. The third-order valence-electron chi connectivity index (χ3n) is 7.63. The molecule has 2 aliphatic heterocycles. The van der Waals surface area contributed by atoms with Crippen LogP contribution in [-0.4, -0.2) is 76.1 Å². The van der Waals surface area contributed by atoms with Gasteiger partial charge in [0, 0.05) is 51.3 Å². The van der Waals surface area contributed by atoms with Crippen molar-refractivity contribution < 1.29 is 9.59 Å². The summed E-state index contributed by atoms with van der Waals surface area (Å²) >= 11 is 7.67. The molecule has 4 rings (SSSR count). The lowest BCUT2D eigenvalue weighted by molar-refractivity contribution is -0.134. The number of amides is 2. The number of carbonyl (C=O) groups is 2. The lowest BCUT2D eigenvalue weighted by Crippen LogP contribution is -2.54. The van der Waals surface area contributed by atoms with Gasteiger partial charge >= 0.3 is 0 Å². The molecular formula is C25H38ClN5O2S. The first-order chi connectivity index (χ1) is 16.4. The molecule has 2 amide bonds. The maximum absolute atomic E-state index is 12.8. The van der Waals surface area contributed by atoms with Gasteiger partial charge in [-0.05, 0) is 38.0 Å². The Balaban J connectivity index is 1.29. The minimum Gasteiger partial charge on any atom is -0.353 e. The van der Waals surface area contributed by atoms with Crippen molar-refractivity contribution in [3.05, 3.63) is 11.2 Å². The van der Waals surface area contributed by atoms with Crippen LogP contribution in [0.5, 0.6) is 0 Å². The molecule has 1 aliphatic carbocycles. The van der Waals surface area contributed by atoms with Crippen LogP contribution in [0.3, 0.4) is 0 Å². The standard InChI is InChI=1S/C25H38ClN5O2S/c1-18-9-11-29(12-10-18)24(33)17-34-25-27-21(26)15-22(28-25)30-13-14-31(19(2)16-30)23(32)8-7-20-5-3-4-6-20/h15,18-20H,3-14,16-17H2,1-2H3. The van der Waals surface area contributed by atoms with Crippen molar-refractivity contribution in [1.29, 1.82) is 0 Å². The Morgan fingerprint density at radius 3 is 2.47 bits per heavy atom. The number of likely N-dealkylation sites (tertiary alicyclic amines) is 1. The number of halogens is 1. The fourth-order valence-corrected chi connectivity index (χ4v) is 6.38. The van der Waals surface area contributed by atoms with Gasteiger partial charge in [0.2, 0.25) is 11.8 Å². The van der Waals surface area contributed by atoms with Crippen LogP contribution in [0, 0.1) is 11.8 Å².